The molecule has 2 aromatic carbocycles. The number of hydrogen-bond acceptors (Lipinski definition) is 7. The summed E-state index contributed by atoms with van der Waals surface area (Å²) in [6.45, 7) is 3.33. The maximum absolute atomic E-state index is 12.7. The van der Waals surface area contributed by atoms with Gasteiger partial charge in [0.05, 0.1) is 17.7 Å². The van der Waals surface area contributed by atoms with Crippen LogP contribution in [0.1, 0.15) is 62.7 Å². The highest BCUT2D eigenvalue weighted by Crippen LogP contribution is 2.49. The highest BCUT2D eigenvalue weighted by atomic mass is 16.6. The Bertz CT molecular complexity index is 1320. The number of benzene rings is 2. The third kappa shape index (κ3) is 4.82. The molecule has 2 saturated carbocycles. The van der Waals surface area contributed by atoms with Gasteiger partial charge < -0.3 is 24.2 Å². The first kappa shape index (κ1) is 25.3. The molecule has 3 aliphatic rings. The molecule has 1 amide bonds. The summed E-state index contributed by atoms with van der Waals surface area (Å²) in [6.07, 6.45) is 6.34. The molecule has 39 heavy (non-hydrogen) atoms. The molecule has 1 unspecified atom stereocenters. The van der Waals surface area contributed by atoms with Gasteiger partial charge in [0.25, 0.3) is 5.88 Å². The molecule has 1 aliphatic heterocycles. The summed E-state index contributed by atoms with van der Waals surface area (Å²) in [5.41, 5.74) is 2.74. The van der Waals surface area contributed by atoms with Crippen LogP contribution in [0, 0.1) is 0 Å². The van der Waals surface area contributed by atoms with Crippen molar-refractivity contribution in [2.75, 3.05) is 28.2 Å². The van der Waals surface area contributed by atoms with Crippen molar-refractivity contribution in [1.29, 1.82) is 0 Å². The first-order chi connectivity index (χ1) is 19.0. The smallest absolute Gasteiger partial charge is 0.412 e. The lowest BCUT2D eigenvalue weighted by atomic mass is 9.85. The number of hydrogen-bond donors (Lipinski definition) is 2. The average molecular weight is 531 g/mol. The van der Waals surface area contributed by atoms with Gasteiger partial charge in [0.1, 0.15) is 11.8 Å². The molecule has 9 heteroatoms. The number of aliphatic carboxylic acids is 1. The summed E-state index contributed by atoms with van der Waals surface area (Å²) in [5, 5.41) is 16.5. The van der Waals surface area contributed by atoms with E-state index in [1.54, 1.807) is 0 Å². The Labute approximate surface area is 227 Å². The molecule has 9 nitrogen and oxygen atoms in total. The zero-order chi connectivity index (χ0) is 27.0. The van der Waals surface area contributed by atoms with Gasteiger partial charge in [0, 0.05) is 24.8 Å². The van der Waals surface area contributed by atoms with Gasteiger partial charge in [0.2, 0.25) is 0 Å². The second-order valence-electron chi connectivity index (χ2n) is 10.9. The molecule has 3 fully saturated rings. The predicted molar refractivity (Wildman–Crippen MR) is 147 cm³/mol. The van der Waals surface area contributed by atoms with Gasteiger partial charge in [-0.2, -0.15) is 0 Å². The number of anilines is 3. The van der Waals surface area contributed by atoms with Crippen LogP contribution in [0.15, 0.2) is 65.3 Å². The number of aromatic nitrogens is 1. The van der Waals surface area contributed by atoms with E-state index in [0.717, 1.165) is 49.0 Å². The van der Waals surface area contributed by atoms with Crippen molar-refractivity contribution in [2.24, 2.45) is 0 Å². The molecule has 2 heterocycles. The van der Waals surface area contributed by atoms with Crippen molar-refractivity contribution in [1.82, 2.24) is 5.16 Å². The minimum atomic E-state index is -0.730. The lowest BCUT2D eigenvalue weighted by molar-refractivity contribution is -0.140. The van der Waals surface area contributed by atoms with E-state index in [4.69, 9.17) is 9.26 Å². The van der Waals surface area contributed by atoms with Gasteiger partial charge in [-0.1, -0.05) is 60.5 Å². The van der Waals surface area contributed by atoms with Crippen molar-refractivity contribution in [3.05, 3.63) is 71.9 Å². The highest BCUT2D eigenvalue weighted by molar-refractivity contribution is 5.88. The van der Waals surface area contributed by atoms with Gasteiger partial charge in [0.15, 0.2) is 0 Å². The number of ether oxygens (including phenoxy) is 1. The molecule has 1 aromatic heterocycles. The number of carbonyl (C=O) groups is 2. The molecule has 0 bridgehead atoms. The number of amides is 1. The maximum Gasteiger partial charge on any atom is 0.412 e. The molecule has 0 radical (unpaired) electrons. The second kappa shape index (κ2) is 10.3. The monoisotopic (exact) mass is 530 g/mol. The predicted octanol–water partition coefficient (Wildman–Crippen LogP) is 5.74. The third-order valence-electron chi connectivity index (χ3n) is 8.59. The summed E-state index contributed by atoms with van der Waals surface area (Å²) in [7, 11) is 0. The standard InChI is InChI=1S/C30H34N4O5/c1-20(21-7-3-2-4-8-21)38-29(37)32-24-19-31-39-27(24)34-18-17-33(25-9-5-6-10-26(25)34)23-13-11-22(12-14-23)30(15-16-30)28(35)36/h2-4,7-8,11-14,19-20,25-26H,5-6,9-10,15-18H2,1H3,(H,32,37)(H,35,36)/t20?,25-,26-/m0/s1. The van der Waals surface area contributed by atoms with Crippen LogP contribution in [0.2, 0.25) is 0 Å². The van der Waals surface area contributed by atoms with Crippen LogP contribution in [0.25, 0.3) is 0 Å². The molecule has 204 valence electrons. The Hall–Kier alpha value is -4.01. The summed E-state index contributed by atoms with van der Waals surface area (Å²) in [6, 6.07) is 18.2. The Kier molecular flexibility index (Phi) is 6.66. The van der Waals surface area contributed by atoms with Crippen molar-refractivity contribution in [2.45, 2.75) is 69.1 Å². The molecular formula is C30H34N4O5. The van der Waals surface area contributed by atoms with Crippen molar-refractivity contribution < 1.29 is 24.0 Å². The van der Waals surface area contributed by atoms with Crippen LogP contribution >= 0.6 is 0 Å². The number of carboxylic acids is 1. The van der Waals surface area contributed by atoms with Crippen LogP contribution in [0.4, 0.5) is 22.1 Å². The minimum absolute atomic E-state index is 0.203. The lowest BCUT2D eigenvalue weighted by Crippen LogP contribution is -2.61. The fourth-order valence-corrected chi connectivity index (χ4v) is 6.28. The minimum Gasteiger partial charge on any atom is -0.481 e. The van der Waals surface area contributed by atoms with Gasteiger partial charge in [-0.25, -0.2) is 4.79 Å². The van der Waals surface area contributed by atoms with E-state index in [-0.39, 0.29) is 12.1 Å². The Morgan fingerprint density at radius 1 is 1.03 bits per heavy atom. The highest BCUT2D eigenvalue weighted by Gasteiger charge is 2.51. The number of carboxylic acid groups (broad SMARTS) is 1. The summed E-state index contributed by atoms with van der Waals surface area (Å²) in [4.78, 5) is 29.2. The summed E-state index contributed by atoms with van der Waals surface area (Å²) in [5.74, 6) is -0.172. The van der Waals surface area contributed by atoms with E-state index in [0.29, 0.717) is 31.0 Å². The molecule has 2 aliphatic carbocycles. The third-order valence-corrected chi connectivity index (χ3v) is 8.59. The van der Waals surface area contributed by atoms with E-state index in [2.05, 4.69) is 32.4 Å². The molecule has 0 spiro atoms. The fourth-order valence-electron chi connectivity index (χ4n) is 6.28. The van der Waals surface area contributed by atoms with E-state index in [9.17, 15) is 14.7 Å². The second-order valence-corrected chi connectivity index (χ2v) is 10.9. The van der Waals surface area contributed by atoms with Gasteiger partial charge in [-0.3, -0.25) is 10.1 Å². The van der Waals surface area contributed by atoms with E-state index >= 15 is 0 Å². The number of fused-ring (bicyclic) bond motifs is 1. The number of rotatable bonds is 7. The molecule has 3 aromatic rings. The van der Waals surface area contributed by atoms with Crippen LogP contribution < -0.4 is 15.1 Å². The van der Waals surface area contributed by atoms with Crippen LogP contribution in [0.3, 0.4) is 0 Å². The molecule has 2 N–H and O–H groups in total. The number of nitrogens with zero attached hydrogens (tertiary/aromatic N) is 3. The zero-order valence-electron chi connectivity index (χ0n) is 22.1. The topological polar surface area (TPSA) is 108 Å². The molecule has 3 atom stereocenters. The largest absolute Gasteiger partial charge is 0.481 e. The first-order valence-electron chi connectivity index (χ1n) is 13.8. The normalized spacial score (nSPS) is 22.5. The Morgan fingerprint density at radius 2 is 1.69 bits per heavy atom. The summed E-state index contributed by atoms with van der Waals surface area (Å²) < 4.78 is 11.3. The van der Waals surface area contributed by atoms with Crippen LogP contribution in [-0.4, -0.2) is 47.5 Å². The number of carbonyl (C=O) groups excluding carboxylic acids is 1. The van der Waals surface area contributed by atoms with E-state index in [1.165, 1.54) is 6.20 Å². The van der Waals surface area contributed by atoms with E-state index < -0.39 is 23.6 Å². The molecule has 6 rings (SSSR count). The Balaban J connectivity index is 1.16. The average Bonchev–Trinajstić information content (AvgIpc) is 3.66. The van der Waals surface area contributed by atoms with Crippen molar-refractivity contribution in [3.8, 4) is 0 Å². The van der Waals surface area contributed by atoms with Crippen LogP contribution in [-0.2, 0) is 14.9 Å². The lowest BCUT2D eigenvalue weighted by Gasteiger charge is -2.50. The fraction of sp³-hybridized carbons (Fsp3) is 0.433. The molecule has 1 saturated heterocycles. The van der Waals surface area contributed by atoms with Crippen LogP contribution in [0.5, 0.6) is 0 Å². The molecular weight excluding hydrogens is 496 g/mol. The number of piperazine rings is 1. The van der Waals surface area contributed by atoms with Crippen molar-refractivity contribution >= 4 is 29.3 Å². The SMILES string of the molecule is CC(OC(=O)Nc1cnoc1N1CCN(c2ccc(C3(C(=O)O)CC3)cc2)[C@H]2CCCC[C@@H]21)c1ccccc1. The van der Waals surface area contributed by atoms with Gasteiger partial charge in [-0.15, -0.1) is 0 Å². The van der Waals surface area contributed by atoms with Gasteiger partial charge >= 0.3 is 12.1 Å². The zero-order valence-corrected chi connectivity index (χ0v) is 22.1. The summed E-state index contributed by atoms with van der Waals surface area (Å²) >= 11 is 0. The number of nitrogens with one attached hydrogen (secondary N) is 1. The quantitative estimate of drug-likeness (QED) is 0.398. The van der Waals surface area contributed by atoms with E-state index in [1.807, 2.05) is 49.4 Å². The Morgan fingerprint density at radius 3 is 2.36 bits per heavy atom. The van der Waals surface area contributed by atoms with Crippen molar-refractivity contribution in [3.63, 3.8) is 0 Å². The maximum atomic E-state index is 12.7. The van der Waals surface area contributed by atoms with Gasteiger partial charge in [-0.05, 0) is 55.9 Å². The first-order valence-corrected chi connectivity index (χ1v) is 13.8.